The van der Waals surface area contributed by atoms with E-state index in [1.165, 1.54) is 28.9 Å². The summed E-state index contributed by atoms with van der Waals surface area (Å²) in [5, 5.41) is 5.04. The van der Waals surface area contributed by atoms with Gasteiger partial charge in [0.25, 0.3) is 5.56 Å². The van der Waals surface area contributed by atoms with Crippen LogP contribution >= 0.6 is 0 Å². The summed E-state index contributed by atoms with van der Waals surface area (Å²) in [7, 11) is -3.52. The van der Waals surface area contributed by atoms with E-state index in [0.29, 0.717) is 33.4 Å². The van der Waals surface area contributed by atoms with Crippen LogP contribution in [0.2, 0.25) is 0 Å². The first-order valence-electron chi connectivity index (χ1n) is 9.66. The van der Waals surface area contributed by atoms with Crippen molar-refractivity contribution in [2.75, 3.05) is 4.72 Å². The van der Waals surface area contributed by atoms with E-state index in [-0.39, 0.29) is 5.56 Å². The van der Waals surface area contributed by atoms with Crippen molar-refractivity contribution in [2.24, 2.45) is 0 Å². The molecule has 0 saturated carbocycles. The summed E-state index contributed by atoms with van der Waals surface area (Å²) in [5.41, 5.74) is 1.63. The zero-order chi connectivity index (χ0) is 22.2. The third-order valence-corrected chi connectivity index (χ3v) is 6.65. The number of benzene rings is 3. The van der Waals surface area contributed by atoms with Crippen LogP contribution in [-0.2, 0) is 10.0 Å². The Morgan fingerprint density at radius 1 is 0.935 bits per heavy atom. The van der Waals surface area contributed by atoms with Crippen molar-refractivity contribution in [3.8, 4) is 16.9 Å². The number of hydrogen-bond donors (Lipinski definition) is 1. The predicted molar refractivity (Wildman–Crippen MR) is 120 cm³/mol. The Hall–Kier alpha value is -3.52. The molecule has 0 saturated heterocycles. The number of halogens is 1. The molecule has 0 aliphatic rings. The van der Waals surface area contributed by atoms with E-state index in [1.54, 1.807) is 62.4 Å². The maximum atomic E-state index is 13.4. The standard InChI is InChI=1S/C23H20FN3O3S/c1-15(2)31(29,30)26-18-7-5-6-16(14-18)22-20-8-3-4-9-21(20)23(28)27(25-22)19-12-10-17(24)11-13-19/h3-15,26H,1-2H3. The first-order chi connectivity index (χ1) is 14.8. The van der Waals surface area contributed by atoms with Gasteiger partial charge < -0.3 is 0 Å². The first kappa shape index (κ1) is 20.7. The van der Waals surface area contributed by atoms with Crippen LogP contribution in [0.3, 0.4) is 0 Å². The summed E-state index contributed by atoms with van der Waals surface area (Å²) in [6.45, 7) is 3.19. The minimum absolute atomic E-state index is 0.331. The molecular formula is C23H20FN3O3S. The van der Waals surface area contributed by atoms with E-state index in [0.717, 1.165) is 0 Å². The molecule has 158 valence electrons. The second-order valence-corrected chi connectivity index (χ2v) is 9.60. The van der Waals surface area contributed by atoms with Crippen molar-refractivity contribution in [2.45, 2.75) is 19.1 Å². The van der Waals surface area contributed by atoms with Crippen LogP contribution in [0.25, 0.3) is 27.7 Å². The molecule has 0 amide bonds. The highest BCUT2D eigenvalue weighted by Crippen LogP contribution is 2.28. The van der Waals surface area contributed by atoms with E-state index in [9.17, 15) is 17.6 Å². The molecule has 0 fully saturated rings. The Labute approximate surface area is 179 Å². The van der Waals surface area contributed by atoms with Gasteiger partial charge in [-0.25, -0.2) is 12.8 Å². The summed E-state index contributed by atoms with van der Waals surface area (Å²) >= 11 is 0. The second-order valence-electron chi connectivity index (χ2n) is 7.36. The normalized spacial score (nSPS) is 11.7. The molecule has 1 heterocycles. The van der Waals surface area contributed by atoms with Crippen LogP contribution in [0.4, 0.5) is 10.1 Å². The highest BCUT2D eigenvalue weighted by molar-refractivity contribution is 7.93. The van der Waals surface area contributed by atoms with Gasteiger partial charge in [-0.2, -0.15) is 9.78 Å². The molecular weight excluding hydrogens is 417 g/mol. The Bertz CT molecular complexity index is 1430. The average molecular weight is 437 g/mol. The molecule has 1 N–H and O–H groups in total. The van der Waals surface area contributed by atoms with Crippen LogP contribution in [0.15, 0.2) is 77.6 Å². The van der Waals surface area contributed by atoms with Crippen LogP contribution < -0.4 is 10.3 Å². The lowest BCUT2D eigenvalue weighted by atomic mass is 10.0. The van der Waals surface area contributed by atoms with Gasteiger partial charge in [0.05, 0.1) is 22.0 Å². The number of anilines is 1. The van der Waals surface area contributed by atoms with Crippen LogP contribution in [0, 0.1) is 5.82 Å². The van der Waals surface area contributed by atoms with Gasteiger partial charge in [0.15, 0.2) is 0 Å². The van der Waals surface area contributed by atoms with Crippen molar-refractivity contribution in [1.82, 2.24) is 9.78 Å². The van der Waals surface area contributed by atoms with Crippen molar-refractivity contribution < 1.29 is 12.8 Å². The lowest BCUT2D eigenvalue weighted by Crippen LogP contribution is -2.23. The van der Waals surface area contributed by atoms with Gasteiger partial charge in [0.1, 0.15) is 5.82 Å². The number of sulfonamides is 1. The molecule has 0 unspecified atom stereocenters. The summed E-state index contributed by atoms with van der Waals surface area (Å²) in [6, 6.07) is 19.4. The van der Waals surface area contributed by atoms with Crippen LogP contribution in [0.5, 0.6) is 0 Å². The first-order valence-corrected chi connectivity index (χ1v) is 11.2. The molecule has 3 aromatic carbocycles. The van der Waals surface area contributed by atoms with Crippen molar-refractivity contribution in [3.05, 3.63) is 89.0 Å². The molecule has 4 aromatic rings. The monoisotopic (exact) mass is 437 g/mol. The summed E-state index contributed by atoms with van der Waals surface area (Å²) < 4.78 is 41.7. The zero-order valence-corrected chi connectivity index (χ0v) is 17.7. The number of fused-ring (bicyclic) bond motifs is 1. The summed E-state index contributed by atoms with van der Waals surface area (Å²) in [5.74, 6) is -0.414. The third kappa shape index (κ3) is 4.06. The smallest absolute Gasteiger partial charge is 0.279 e. The second kappa shape index (κ2) is 7.96. The molecule has 8 heteroatoms. The zero-order valence-electron chi connectivity index (χ0n) is 16.9. The topological polar surface area (TPSA) is 81.1 Å². The van der Waals surface area contributed by atoms with E-state index in [1.807, 2.05) is 0 Å². The Kier molecular flexibility index (Phi) is 5.32. The molecule has 0 aliphatic carbocycles. The van der Waals surface area contributed by atoms with E-state index in [2.05, 4.69) is 9.82 Å². The Balaban J connectivity index is 1.92. The van der Waals surface area contributed by atoms with Crippen molar-refractivity contribution >= 4 is 26.5 Å². The van der Waals surface area contributed by atoms with Crippen molar-refractivity contribution in [1.29, 1.82) is 0 Å². The third-order valence-electron chi connectivity index (χ3n) is 4.89. The maximum Gasteiger partial charge on any atom is 0.279 e. The maximum absolute atomic E-state index is 13.4. The fraction of sp³-hybridized carbons (Fsp3) is 0.130. The van der Waals surface area contributed by atoms with Gasteiger partial charge in [0, 0.05) is 16.6 Å². The SMILES string of the molecule is CC(C)S(=O)(=O)Nc1cccc(-c2nn(-c3ccc(F)cc3)c(=O)c3ccccc23)c1. The van der Waals surface area contributed by atoms with Gasteiger partial charge in [-0.1, -0.05) is 30.3 Å². The number of rotatable bonds is 5. The van der Waals surface area contributed by atoms with Crippen LogP contribution in [-0.4, -0.2) is 23.4 Å². The van der Waals surface area contributed by atoms with E-state index >= 15 is 0 Å². The summed E-state index contributed by atoms with van der Waals surface area (Å²) in [6.07, 6.45) is 0. The molecule has 0 atom stereocenters. The minimum atomic E-state index is -3.52. The Morgan fingerprint density at radius 3 is 2.29 bits per heavy atom. The fourth-order valence-electron chi connectivity index (χ4n) is 3.17. The van der Waals surface area contributed by atoms with Crippen molar-refractivity contribution in [3.63, 3.8) is 0 Å². The minimum Gasteiger partial charge on any atom is -0.283 e. The fourth-order valence-corrected chi connectivity index (χ4v) is 3.86. The lowest BCUT2D eigenvalue weighted by Gasteiger charge is -2.14. The molecule has 0 radical (unpaired) electrons. The van der Waals surface area contributed by atoms with Gasteiger partial charge in [-0.05, 0) is 56.3 Å². The average Bonchev–Trinajstić information content (AvgIpc) is 2.75. The van der Waals surface area contributed by atoms with E-state index < -0.39 is 21.1 Å². The van der Waals surface area contributed by atoms with Gasteiger partial charge in [-0.15, -0.1) is 0 Å². The lowest BCUT2D eigenvalue weighted by molar-refractivity contribution is 0.593. The molecule has 4 rings (SSSR count). The van der Waals surface area contributed by atoms with E-state index in [4.69, 9.17) is 0 Å². The predicted octanol–water partition coefficient (Wildman–Crippen LogP) is 4.34. The molecule has 6 nitrogen and oxygen atoms in total. The van der Waals surface area contributed by atoms with Gasteiger partial charge >= 0.3 is 0 Å². The highest BCUT2D eigenvalue weighted by atomic mass is 32.2. The Morgan fingerprint density at radius 2 is 1.61 bits per heavy atom. The number of nitrogens with zero attached hydrogens (tertiary/aromatic N) is 2. The number of nitrogens with one attached hydrogen (secondary N) is 1. The molecule has 31 heavy (non-hydrogen) atoms. The highest BCUT2D eigenvalue weighted by Gasteiger charge is 2.17. The summed E-state index contributed by atoms with van der Waals surface area (Å²) in [4.78, 5) is 13.0. The van der Waals surface area contributed by atoms with Gasteiger partial charge in [0.2, 0.25) is 10.0 Å². The molecule has 0 bridgehead atoms. The van der Waals surface area contributed by atoms with Gasteiger partial charge in [-0.3, -0.25) is 9.52 Å². The molecule has 0 aliphatic heterocycles. The molecule has 0 spiro atoms. The molecule has 1 aromatic heterocycles. The largest absolute Gasteiger partial charge is 0.283 e. The van der Waals surface area contributed by atoms with Crippen LogP contribution in [0.1, 0.15) is 13.8 Å². The number of hydrogen-bond acceptors (Lipinski definition) is 4. The number of aromatic nitrogens is 2. The quantitative estimate of drug-likeness (QED) is 0.504.